The molecule has 196 valence electrons. The van der Waals surface area contributed by atoms with Crippen molar-refractivity contribution in [2.75, 3.05) is 32.1 Å². The van der Waals surface area contributed by atoms with E-state index in [1.807, 2.05) is 0 Å². The Morgan fingerprint density at radius 3 is 2.56 bits per heavy atom. The van der Waals surface area contributed by atoms with Crippen LogP contribution in [0.5, 0.6) is 5.75 Å². The Balaban J connectivity index is 1.77. The number of benzene rings is 2. The zero-order chi connectivity index (χ0) is 25.9. The Kier molecular flexibility index (Phi) is 10.3. The molecule has 1 aliphatic heterocycles. The third kappa shape index (κ3) is 7.52. The SMILES string of the molecule is CCCCCNNC(=O)[C@]1(CCS(=O)(=O)c2ccccc2)COC(c2ccc(OCCCO)cc2)=N1. The highest BCUT2D eigenvalue weighted by molar-refractivity contribution is 7.91. The fourth-order valence-corrected chi connectivity index (χ4v) is 5.09. The van der Waals surface area contributed by atoms with Crippen molar-refractivity contribution < 1.29 is 27.8 Å². The predicted octanol–water partition coefficient (Wildman–Crippen LogP) is 2.64. The maximum Gasteiger partial charge on any atom is 0.265 e. The molecule has 2 aromatic rings. The van der Waals surface area contributed by atoms with Crippen LogP contribution >= 0.6 is 0 Å². The Morgan fingerprint density at radius 1 is 1.11 bits per heavy atom. The number of carbonyl (C=O) groups excluding carboxylic acids is 1. The van der Waals surface area contributed by atoms with Gasteiger partial charge < -0.3 is 14.6 Å². The third-order valence-corrected chi connectivity index (χ3v) is 7.58. The van der Waals surface area contributed by atoms with Gasteiger partial charge in [-0.2, -0.15) is 0 Å². The lowest BCUT2D eigenvalue weighted by atomic mass is 9.98. The number of hydrogen-bond acceptors (Lipinski definition) is 8. The number of nitrogens with zero attached hydrogens (tertiary/aromatic N) is 1. The zero-order valence-electron chi connectivity index (χ0n) is 20.6. The topological polar surface area (TPSA) is 126 Å². The quantitative estimate of drug-likeness (QED) is 0.245. The molecular formula is C26H35N3O6S. The van der Waals surface area contributed by atoms with Crippen LogP contribution in [0.25, 0.3) is 0 Å². The Morgan fingerprint density at radius 2 is 1.86 bits per heavy atom. The van der Waals surface area contributed by atoms with Crippen molar-refractivity contribution >= 4 is 21.6 Å². The van der Waals surface area contributed by atoms with E-state index in [4.69, 9.17) is 14.6 Å². The molecule has 0 radical (unpaired) electrons. The molecule has 0 saturated carbocycles. The highest BCUT2D eigenvalue weighted by Gasteiger charge is 2.45. The number of amides is 1. The van der Waals surface area contributed by atoms with Crippen molar-refractivity contribution in [3.8, 4) is 5.75 Å². The minimum atomic E-state index is -3.61. The number of hydrazine groups is 1. The summed E-state index contributed by atoms with van der Waals surface area (Å²) in [5.74, 6) is 0.231. The number of hydrogen-bond donors (Lipinski definition) is 3. The Hall–Kier alpha value is -2.95. The summed E-state index contributed by atoms with van der Waals surface area (Å²) in [6.07, 6.45) is 3.51. The maximum atomic E-state index is 13.2. The summed E-state index contributed by atoms with van der Waals surface area (Å²) in [4.78, 5) is 18.1. The molecule has 0 aromatic heterocycles. The summed E-state index contributed by atoms with van der Waals surface area (Å²) in [7, 11) is -3.61. The molecule has 1 atom stereocenters. The number of rotatable bonds is 15. The number of aliphatic hydroxyl groups is 1. The van der Waals surface area contributed by atoms with E-state index in [0.717, 1.165) is 19.3 Å². The Bertz CT molecular complexity index is 1110. The second-order valence-electron chi connectivity index (χ2n) is 8.66. The van der Waals surface area contributed by atoms with Crippen molar-refractivity contribution in [2.24, 2.45) is 4.99 Å². The molecule has 1 amide bonds. The summed E-state index contributed by atoms with van der Waals surface area (Å²) in [6.45, 7) is 3.09. The van der Waals surface area contributed by atoms with Crippen molar-refractivity contribution in [3.05, 3.63) is 60.2 Å². The summed E-state index contributed by atoms with van der Waals surface area (Å²) < 4.78 is 37.2. The largest absolute Gasteiger partial charge is 0.494 e. The fourth-order valence-electron chi connectivity index (χ4n) is 3.67. The number of sulfone groups is 1. The van der Waals surface area contributed by atoms with E-state index in [1.54, 1.807) is 54.6 Å². The van der Waals surface area contributed by atoms with Crippen LogP contribution in [-0.4, -0.2) is 63.0 Å². The second kappa shape index (κ2) is 13.4. The summed E-state index contributed by atoms with van der Waals surface area (Å²) in [5, 5.41) is 8.89. The number of ether oxygens (including phenoxy) is 2. The van der Waals surface area contributed by atoms with Crippen LogP contribution in [0.3, 0.4) is 0 Å². The molecule has 3 N–H and O–H groups in total. The molecule has 36 heavy (non-hydrogen) atoms. The van der Waals surface area contributed by atoms with Crippen LogP contribution in [0, 0.1) is 0 Å². The molecular weight excluding hydrogens is 482 g/mol. The lowest BCUT2D eigenvalue weighted by molar-refractivity contribution is -0.127. The number of nitrogens with one attached hydrogen (secondary N) is 2. The monoisotopic (exact) mass is 517 g/mol. The van der Waals surface area contributed by atoms with E-state index >= 15 is 0 Å². The van der Waals surface area contributed by atoms with Gasteiger partial charge in [-0.15, -0.1) is 0 Å². The van der Waals surface area contributed by atoms with E-state index in [-0.39, 0.29) is 36.2 Å². The van der Waals surface area contributed by atoms with Gasteiger partial charge in [-0.25, -0.2) is 18.8 Å². The van der Waals surface area contributed by atoms with E-state index in [1.165, 1.54) is 0 Å². The average molecular weight is 518 g/mol. The lowest BCUT2D eigenvalue weighted by Crippen LogP contribution is -2.52. The van der Waals surface area contributed by atoms with Crippen LogP contribution in [0.1, 0.15) is 44.6 Å². The first-order valence-electron chi connectivity index (χ1n) is 12.3. The van der Waals surface area contributed by atoms with Gasteiger partial charge in [-0.1, -0.05) is 38.0 Å². The fraction of sp³-hybridized carbons (Fsp3) is 0.462. The Labute approximate surface area is 212 Å². The molecule has 1 heterocycles. The first kappa shape index (κ1) is 27.6. The van der Waals surface area contributed by atoms with Gasteiger partial charge in [0.15, 0.2) is 15.4 Å². The molecule has 0 fully saturated rings. The van der Waals surface area contributed by atoms with Gasteiger partial charge in [-0.05, 0) is 49.2 Å². The van der Waals surface area contributed by atoms with Crippen molar-refractivity contribution in [3.63, 3.8) is 0 Å². The van der Waals surface area contributed by atoms with Gasteiger partial charge in [0.25, 0.3) is 5.91 Å². The predicted molar refractivity (Wildman–Crippen MR) is 138 cm³/mol. The molecule has 10 heteroatoms. The number of unbranched alkanes of at least 4 members (excludes halogenated alkanes) is 2. The molecule has 2 aromatic carbocycles. The molecule has 3 rings (SSSR count). The lowest BCUT2D eigenvalue weighted by Gasteiger charge is -2.23. The third-order valence-electron chi connectivity index (χ3n) is 5.85. The second-order valence-corrected chi connectivity index (χ2v) is 10.8. The van der Waals surface area contributed by atoms with Crippen LogP contribution < -0.4 is 15.6 Å². The highest BCUT2D eigenvalue weighted by Crippen LogP contribution is 2.28. The maximum absolute atomic E-state index is 13.2. The van der Waals surface area contributed by atoms with Crippen LogP contribution in [0.15, 0.2) is 64.5 Å². The molecule has 9 nitrogen and oxygen atoms in total. The molecule has 1 aliphatic rings. The van der Waals surface area contributed by atoms with Gasteiger partial charge in [-0.3, -0.25) is 10.2 Å². The molecule has 0 saturated heterocycles. The number of carbonyl (C=O) groups is 1. The van der Waals surface area contributed by atoms with Crippen LogP contribution in [0.4, 0.5) is 0 Å². The van der Waals surface area contributed by atoms with Crippen LogP contribution in [0.2, 0.25) is 0 Å². The molecule has 0 aliphatic carbocycles. The average Bonchev–Trinajstić information content (AvgIpc) is 3.34. The molecule has 0 spiro atoms. The van der Waals surface area contributed by atoms with Crippen LogP contribution in [-0.2, 0) is 19.4 Å². The summed E-state index contributed by atoms with van der Waals surface area (Å²) >= 11 is 0. The van der Waals surface area contributed by atoms with Gasteiger partial charge in [0, 0.05) is 25.1 Å². The smallest absolute Gasteiger partial charge is 0.265 e. The summed E-state index contributed by atoms with van der Waals surface area (Å²) in [6, 6.07) is 15.2. The first-order chi connectivity index (χ1) is 17.4. The molecule has 0 bridgehead atoms. The van der Waals surface area contributed by atoms with Crippen molar-refractivity contribution in [2.45, 2.75) is 49.5 Å². The first-order valence-corrected chi connectivity index (χ1v) is 13.9. The standard InChI is InChI=1S/C26H35N3O6S/c1-2-3-7-16-27-29-25(31)26(15-19-36(32,33)23-9-5-4-6-10-23)20-35-24(28-26)21-11-13-22(14-12-21)34-18-8-17-30/h4-6,9-14,27,30H,2-3,7-8,15-20H2,1H3,(H,29,31)/t26-/m0/s1. The van der Waals surface area contributed by atoms with E-state index < -0.39 is 21.3 Å². The van der Waals surface area contributed by atoms with Gasteiger partial charge in [0.2, 0.25) is 5.90 Å². The van der Waals surface area contributed by atoms with E-state index in [0.29, 0.717) is 30.9 Å². The minimum absolute atomic E-state index is 0.0292. The summed E-state index contributed by atoms with van der Waals surface area (Å²) in [5.41, 5.74) is 4.90. The van der Waals surface area contributed by atoms with Crippen molar-refractivity contribution in [1.82, 2.24) is 10.9 Å². The highest BCUT2D eigenvalue weighted by atomic mass is 32.2. The van der Waals surface area contributed by atoms with E-state index in [2.05, 4.69) is 22.8 Å². The molecule has 0 unspecified atom stereocenters. The normalized spacial score (nSPS) is 17.3. The van der Waals surface area contributed by atoms with E-state index in [9.17, 15) is 13.2 Å². The van der Waals surface area contributed by atoms with Gasteiger partial charge in [0.05, 0.1) is 17.3 Å². The number of aliphatic hydroxyl groups excluding tert-OH is 1. The van der Waals surface area contributed by atoms with Gasteiger partial charge in [0.1, 0.15) is 12.4 Å². The van der Waals surface area contributed by atoms with Crippen molar-refractivity contribution in [1.29, 1.82) is 0 Å². The minimum Gasteiger partial charge on any atom is -0.494 e. The zero-order valence-corrected chi connectivity index (χ0v) is 21.4. The van der Waals surface area contributed by atoms with Gasteiger partial charge >= 0.3 is 0 Å². The number of aliphatic imine (C=N–C) groups is 1.